The van der Waals surface area contributed by atoms with Gasteiger partial charge in [-0.2, -0.15) is 0 Å². The van der Waals surface area contributed by atoms with Crippen molar-refractivity contribution < 1.29 is 9.90 Å². The molecule has 1 atom stereocenters. The Morgan fingerprint density at radius 3 is 2.87 bits per heavy atom. The van der Waals surface area contributed by atoms with Gasteiger partial charge in [-0.3, -0.25) is 4.99 Å². The molecule has 0 amide bonds. The maximum Gasteiger partial charge on any atom is 0.328 e. The molecule has 0 radical (unpaired) electrons. The van der Waals surface area contributed by atoms with Crippen LogP contribution in [0.25, 0.3) is 0 Å². The Hall–Kier alpha value is -1.42. The zero-order valence-corrected chi connectivity index (χ0v) is 8.61. The largest absolute Gasteiger partial charge is 0.480 e. The van der Waals surface area contributed by atoms with E-state index in [0.29, 0.717) is 18.0 Å². The minimum absolute atomic E-state index is 0.423. The van der Waals surface area contributed by atoms with E-state index >= 15 is 0 Å². The predicted molar refractivity (Wildman–Crippen MR) is 56.4 cm³/mol. The molecule has 0 saturated carbocycles. The lowest BCUT2D eigenvalue weighted by Gasteiger charge is -1.98. The number of carbonyl (C=O) groups is 1. The smallest absolute Gasteiger partial charge is 0.328 e. The van der Waals surface area contributed by atoms with E-state index in [9.17, 15) is 4.79 Å². The molecular weight excluding hydrogens is 216 g/mol. The molecule has 0 unspecified atom stereocenters. The van der Waals surface area contributed by atoms with Gasteiger partial charge in [-0.25, -0.2) is 9.78 Å². The highest BCUT2D eigenvalue weighted by atomic mass is 35.5. The number of aliphatic carboxylic acids is 1. The van der Waals surface area contributed by atoms with E-state index in [-0.39, 0.29) is 0 Å². The molecule has 0 aliphatic carbocycles. The van der Waals surface area contributed by atoms with E-state index in [1.54, 1.807) is 18.3 Å². The Labute approximate surface area is 91.6 Å². The van der Waals surface area contributed by atoms with Crippen LogP contribution in [0.2, 0.25) is 5.15 Å². The van der Waals surface area contributed by atoms with Crippen LogP contribution in [-0.4, -0.2) is 27.8 Å². The van der Waals surface area contributed by atoms with Crippen LogP contribution >= 0.6 is 11.6 Å². The van der Waals surface area contributed by atoms with Crippen LogP contribution in [0.4, 0.5) is 0 Å². The fraction of sp³-hybridized carbons (Fsp3) is 0.300. The van der Waals surface area contributed by atoms with Crippen molar-refractivity contribution in [2.45, 2.75) is 18.9 Å². The lowest BCUT2D eigenvalue weighted by Crippen LogP contribution is -2.13. The summed E-state index contributed by atoms with van der Waals surface area (Å²) in [7, 11) is 0. The van der Waals surface area contributed by atoms with Crippen LogP contribution in [-0.2, 0) is 4.79 Å². The molecule has 1 N–H and O–H groups in total. The molecule has 1 aliphatic heterocycles. The van der Waals surface area contributed by atoms with E-state index in [1.807, 2.05) is 0 Å². The van der Waals surface area contributed by atoms with Gasteiger partial charge in [0, 0.05) is 17.5 Å². The number of carboxylic acids is 1. The van der Waals surface area contributed by atoms with Crippen LogP contribution in [0.1, 0.15) is 18.4 Å². The van der Waals surface area contributed by atoms with Crippen molar-refractivity contribution in [2.24, 2.45) is 4.99 Å². The van der Waals surface area contributed by atoms with Gasteiger partial charge in [0.15, 0.2) is 0 Å². The van der Waals surface area contributed by atoms with Crippen molar-refractivity contribution in [3.63, 3.8) is 0 Å². The van der Waals surface area contributed by atoms with Crippen LogP contribution in [0.15, 0.2) is 23.3 Å². The number of aromatic nitrogens is 1. The van der Waals surface area contributed by atoms with Gasteiger partial charge in [-0.15, -0.1) is 0 Å². The number of rotatable bonds is 2. The first-order chi connectivity index (χ1) is 7.16. The molecule has 0 spiro atoms. The first kappa shape index (κ1) is 10.1. The van der Waals surface area contributed by atoms with Gasteiger partial charge in [0.1, 0.15) is 11.2 Å². The first-order valence-corrected chi connectivity index (χ1v) is 4.96. The standard InChI is InChI=1S/C10H9ClN2O2/c11-9-4-1-6(5-12-9)7-2-3-8(13-7)10(14)15/h1,4-5,8H,2-3H2,(H,14,15)/t8-/m0/s1. The van der Waals surface area contributed by atoms with Crippen molar-refractivity contribution >= 4 is 23.3 Å². The van der Waals surface area contributed by atoms with Crippen LogP contribution in [0.3, 0.4) is 0 Å². The topological polar surface area (TPSA) is 62.5 Å². The number of aliphatic imine (C=N–C) groups is 1. The first-order valence-electron chi connectivity index (χ1n) is 4.58. The zero-order valence-electron chi connectivity index (χ0n) is 7.85. The molecule has 78 valence electrons. The highest BCUT2D eigenvalue weighted by Gasteiger charge is 2.24. The molecule has 1 aliphatic rings. The third-order valence-corrected chi connectivity index (χ3v) is 2.54. The number of hydrogen-bond acceptors (Lipinski definition) is 3. The summed E-state index contributed by atoms with van der Waals surface area (Å²) in [6, 6.07) is 2.88. The predicted octanol–water partition coefficient (Wildman–Crippen LogP) is 1.77. The lowest BCUT2D eigenvalue weighted by molar-refractivity contribution is -0.138. The Morgan fingerprint density at radius 1 is 1.53 bits per heavy atom. The lowest BCUT2D eigenvalue weighted by atomic mass is 10.1. The summed E-state index contributed by atoms with van der Waals surface area (Å²) in [5, 5.41) is 9.20. The normalized spacial score (nSPS) is 20.1. The van der Waals surface area contributed by atoms with Crippen molar-refractivity contribution in [3.05, 3.63) is 29.0 Å². The summed E-state index contributed by atoms with van der Waals surface area (Å²) >= 11 is 5.65. The van der Waals surface area contributed by atoms with Gasteiger partial charge < -0.3 is 5.11 Å². The zero-order chi connectivity index (χ0) is 10.8. The van der Waals surface area contributed by atoms with Crippen molar-refractivity contribution in [1.82, 2.24) is 4.98 Å². The minimum atomic E-state index is -0.869. The van der Waals surface area contributed by atoms with E-state index in [4.69, 9.17) is 16.7 Å². The van der Waals surface area contributed by atoms with Gasteiger partial charge in [0.25, 0.3) is 0 Å². The summed E-state index contributed by atoms with van der Waals surface area (Å²) < 4.78 is 0. The Bertz CT molecular complexity index is 414. The van der Waals surface area contributed by atoms with Gasteiger partial charge in [0.2, 0.25) is 0 Å². The van der Waals surface area contributed by atoms with Crippen LogP contribution < -0.4 is 0 Å². The van der Waals surface area contributed by atoms with Crippen molar-refractivity contribution in [2.75, 3.05) is 0 Å². The number of pyridine rings is 1. The second-order valence-corrected chi connectivity index (χ2v) is 3.73. The average molecular weight is 225 g/mol. The van der Waals surface area contributed by atoms with Gasteiger partial charge in [-0.1, -0.05) is 11.6 Å². The Morgan fingerprint density at radius 2 is 2.33 bits per heavy atom. The van der Waals surface area contributed by atoms with Gasteiger partial charge in [-0.05, 0) is 25.0 Å². The third-order valence-electron chi connectivity index (χ3n) is 2.31. The van der Waals surface area contributed by atoms with Gasteiger partial charge in [0.05, 0.1) is 0 Å². The molecular formula is C10H9ClN2O2. The monoisotopic (exact) mass is 224 g/mol. The number of carboxylic acid groups (broad SMARTS) is 1. The highest BCUT2D eigenvalue weighted by molar-refractivity contribution is 6.29. The van der Waals surface area contributed by atoms with Crippen LogP contribution in [0, 0.1) is 0 Å². The Balaban J connectivity index is 2.22. The molecule has 2 heterocycles. The fourth-order valence-corrected chi connectivity index (χ4v) is 1.65. The third kappa shape index (κ3) is 2.15. The average Bonchev–Trinajstić information content (AvgIpc) is 2.68. The number of nitrogens with zero attached hydrogens (tertiary/aromatic N) is 2. The minimum Gasteiger partial charge on any atom is -0.480 e. The quantitative estimate of drug-likeness (QED) is 0.779. The maximum atomic E-state index is 10.7. The molecule has 4 nitrogen and oxygen atoms in total. The Kier molecular flexibility index (Phi) is 2.68. The summed E-state index contributed by atoms with van der Waals surface area (Å²) in [5.41, 5.74) is 1.65. The second-order valence-electron chi connectivity index (χ2n) is 3.34. The summed E-state index contributed by atoms with van der Waals surface area (Å²) in [6.45, 7) is 0. The summed E-state index contributed by atoms with van der Waals surface area (Å²) in [6.07, 6.45) is 2.86. The molecule has 0 fully saturated rings. The SMILES string of the molecule is O=C(O)[C@@H]1CCC(c2ccc(Cl)nc2)=N1. The summed E-state index contributed by atoms with van der Waals surface area (Å²) in [4.78, 5) is 18.7. The van der Waals surface area contributed by atoms with Crippen molar-refractivity contribution in [3.8, 4) is 0 Å². The number of hydrogen-bond donors (Lipinski definition) is 1. The van der Waals surface area contributed by atoms with Crippen molar-refractivity contribution in [1.29, 1.82) is 0 Å². The molecule has 15 heavy (non-hydrogen) atoms. The molecule has 0 bridgehead atoms. The van der Waals surface area contributed by atoms with Crippen LogP contribution in [0.5, 0.6) is 0 Å². The fourth-order valence-electron chi connectivity index (χ4n) is 1.53. The molecule has 1 aromatic heterocycles. The molecule has 0 aromatic carbocycles. The van der Waals surface area contributed by atoms with E-state index in [2.05, 4.69) is 9.98 Å². The van der Waals surface area contributed by atoms with E-state index in [1.165, 1.54) is 0 Å². The van der Waals surface area contributed by atoms with Gasteiger partial charge >= 0.3 is 5.97 Å². The molecule has 5 heteroatoms. The summed E-state index contributed by atoms with van der Waals surface area (Å²) in [5.74, 6) is -0.869. The van der Waals surface area contributed by atoms with E-state index in [0.717, 1.165) is 11.3 Å². The second kappa shape index (κ2) is 3.98. The molecule has 1 aromatic rings. The highest BCUT2D eigenvalue weighted by Crippen LogP contribution is 2.19. The number of halogens is 1. The molecule has 2 rings (SSSR count). The van der Waals surface area contributed by atoms with E-state index < -0.39 is 12.0 Å². The maximum absolute atomic E-state index is 10.7. The molecule has 0 saturated heterocycles.